The first-order valence-corrected chi connectivity index (χ1v) is 9.31. The van der Waals surface area contributed by atoms with Crippen LogP contribution < -0.4 is 0 Å². The van der Waals surface area contributed by atoms with E-state index < -0.39 is 37.9 Å². The second kappa shape index (κ2) is 7.18. The van der Waals surface area contributed by atoms with E-state index in [1.165, 1.54) is 18.2 Å². The zero-order chi connectivity index (χ0) is 20.9. The number of fused-ring (bicyclic) bond motifs is 1. The highest BCUT2D eigenvalue weighted by molar-refractivity contribution is 6.42. The van der Waals surface area contributed by atoms with Crippen molar-refractivity contribution in [3.63, 3.8) is 0 Å². The molecule has 0 radical (unpaired) electrons. The molecular formula is C19H13Cl2F4N3O. The standard InChI is InChI=1S/C19H13Cl2F4N3O/c20-13-3-1-10(6-14(13)21)17-12-5-11(18(29)27-8-19(24,25)9-27)2-4-15(12)28(26-17)7-16(22)23/h1-6,16H,7-9H2. The number of likely N-dealkylation sites (tertiary alicyclic amines) is 1. The number of halogens is 6. The van der Waals surface area contributed by atoms with Crippen molar-refractivity contribution >= 4 is 40.0 Å². The Balaban J connectivity index is 1.80. The van der Waals surface area contributed by atoms with Gasteiger partial charge in [0, 0.05) is 16.5 Å². The van der Waals surface area contributed by atoms with Crippen molar-refractivity contribution in [3.8, 4) is 11.3 Å². The molecule has 1 aliphatic heterocycles. The number of carbonyl (C=O) groups excluding carboxylic acids is 1. The molecule has 0 spiro atoms. The fourth-order valence-corrected chi connectivity index (χ4v) is 3.58. The van der Waals surface area contributed by atoms with Gasteiger partial charge >= 0.3 is 0 Å². The number of benzene rings is 2. The minimum atomic E-state index is -2.88. The minimum Gasteiger partial charge on any atom is -0.326 e. The average Bonchev–Trinajstić information content (AvgIpc) is 2.98. The number of amides is 1. The molecule has 4 nitrogen and oxygen atoms in total. The highest BCUT2D eigenvalue weighted by Gasteiger charge is 2.46. The van der Waals surface area contributed by atoms with Crippen molar-refractivity contribution in [1.29, 1.82) is 0 Å². The van der Waals surface area contributed by atoms with Crippen LogP contribution in [0, 0.1) is 0 Å². The number of hydrogen-bond acceptors (Lipinski definition) is 2. The number of aromatic nitrogens is 2. The van der Waals surface area contributed by atoms with Gasteiger partial charge in [-0.2, -0.15) is 5.10 Å². The molecular weight excluding hydrogens is 433 g/mol. The molecule has 1 amide bonds. The molecule has 0 saturated carbocycles. The maximum Gasteiger partial charge on any atom is 0.282 e. The van der Waals surface area contributed by atoms with E-state index in [1.807, 2.05) is 0 Å². The van der Waals surface area contributed by atoms with Crippen LogP contribution in [0.25, 0.3) is 22.2 Å². The summed E-state index contributed by atoms with van der Waals surface area (Å²) in [6, 6.07) is 9.10. The van der Waals surface area contributed by atoms with Gasteiger partial charge in [-0.05, 0) is 30.3 Å². The van der Waals surface area contributed by atoms with Crippen LogP contribution in [0.2, 0.25) is 10.0 Å². The van der Waals surface area contributed by atoms with Gasteiger partial charge in [0.05, 0.1) is 28.7 Å². The van der Waals surface area contributed by atoms with Crippen LogP contribution in [-0.2, 0) is 6.54 Å². The van der Waals surface area contributed by atoms with Crippen LogP contribution >= 0.6 is 23.2 Å². The Morgan fingerprint density at radius 3 is 2.45 bits per heavy atom. The molecule has 29 heavy (non-hydrogen) atoms. The topological polar surface area (TPSA) is 38.1 Å². The highest BCUT2D eigenvalue weighted by atomic mass is 35.5. The van der Waals surface area contributed by atoms with E-state index in [-0.39, 0.29) is 10.6 Å². The Kier molecular flexibility index (Phi) is 4.94. The van der Waals surface area contributed by atoms with Crippen molar-refractivity contribution in [1.82, 2.24) is 14.7 Å². The van der Waals surface area contributed by atoms with E-state index in [1.54, 1.807) is 18.2 Å². The lowest BCUT2D eigenvalue weighted by molar-refractivity contribution is -0.113. The second-order valence-corrected chi connectivity index (χ2v) is 7.61. The maximum atomic E-state index is 13.1. The van der Waals surface area contributed by atoms with Crippen molar-refractivity contribution in [2.75, 3.05) is 13.1 Å². The van der Waals surface area contributed by atoms with Gasteiger partial charge in [0.15, 0.2) is 0 Å². The van der Waals surface area contributed by atoms with Gasteiger partial charge in [0.25, 0.3) is 18.3 Å². The summed E-state index contributed by atoms with van der Waals surface area (Å²) >= 11 is 12.0. The normalized spacial score (nSPS) is 15.8. The summed E-state index contributed by atoms with van der Waals surface area (Å²) < 4.78 is 53.3. The highest BCUT2D eigenvalue weighted by Crippen LogP contribution is 2.34. The molecule has 0 N–H and O–H groups in total. The third kappa shape index (κ3) is 3.79. The van der Waals surface area contributed by atoms with E-state index in [0.717, 1.165) is 9.58 Å². The van der Waals surface area contributed by atoms with Crippen molar-refractivity contribution < 1.29 is 22.4 Å². The van der Waals surface area contributed by atoms with Crippen molar-refractivity contribution in [2.45, 2.75) is 18.9 Å². The summed E-state index contributed by atoms with van der Waals surface area (Å²) in [7, 11) is 0. The Morgan fingerprint density at radius 1 is 1.10 bits per heavy atom. The molecule has 0 aliphatic carbocycles. The van der Waals surface area contributed by atoms with Crippen LogP contribution in [0.5, 0.6) is 0 Å². The molecule has 1 saturated heterocycles. The quantitative estimate of drug-likeness (QED) is 0.506. The number of rotatable bonds is 4. The number of carbonyl (C=O) groups is 1. The molecule has 0 bridgehead atoms. The molecule has 2 aromatic carbocycles. The SMILES string of the molecule is O=C(c1ccc2c(c1)c(-c1ccc(Cl)c(Cl)c1)nn2CC(F)F)N1CC(F)(F)C1. The lowest BCUT2D eigenvalue weighted by Gasteiger charge is -2.38. The molecule has 1 fully saturated rings. The van der Waals surface area contributed by atoms with Crippen LogP contribution in [-0.4, -0.2) is 46.0 Å². The van der Waals surface area contributed by atoms with E-state index in [0.29, 0.717) is 27.2 Å². The van der Waals surface area contributed by atoms with E-state index in [2.05, 4.69) is 5.10 Å². The lowest BCUT2D eigenvalue weighted by Crippen LogP contribution is -2.58. The first-order valence-electron chi connectivity index (χ1n) is 8.56. The smallest absolute Gasteiger partial charge is 0.282 e. The Hall–Kier alpha value is -2.32. The zero-order valence-corrected chi connectivity index (χ0v) is 16.2. The first-order chi connectivity index (χ1) is 13.6. The van der Waals surface area contributed by atoms with E-state index in [9.17, 15) is 22.4 Å². The van der Waals surface area contributed by atoms with Gasteiger partial charge in [-0.15, -0.1) is 0 Å². The number of hydrogen-bond donors (Lipinski definition) is 0. The molecule has 3 aromatic rings. The summed E-state index contributed by atoms with van der Waals surface area (Å²) in [4.78, 5) is 13.5. The predicted octanol–water partition coefficient (Wildman–Crippen LogP) is 5.37. The Morgan fingerprint density at radius 2 is 1.83 bits per heavy atom. The number of nitrogens with zero attached hydrogens (tertiary/aromatic N) is 3. The van der Waals surface area contributed by atoms with Crippen LogP contribution in [0.3, 0.4) is 0 Å². The Labute approximate surface area is 172 Å². The molecule has 1 aromatic heterocycles. The monoisotopic (exact) mass is 445 g/mol. The molecule has 2 heterocycles. The van der Waals surface area contributed by atoms with Gasteiger partial charge in [0.1, 0.15) is 12.2 Å². The van der Waals surface area contributed by atoms with E-state index >= 15 is 0 Å². The van der Waals surface area contributed by atoms with Crippen LogP contribution in [0.1, 0.15) is 10.4 Å². The fraction of sp³-hybridized carbons (Fsp3) is 0.263. The molecule has 4 rings (SSSR count). The predicted molar refractivity (Wildman–Crippen MR) is 102 cm³/mol. The zero-order valence-electron chi connectivity index (χ0n) is 14.7. The fourth-order valence-electron chi connectivity index (χ4n) is 3.28. The maximum absolute atomic E-state index is 13.1. The van der Waals surface area contributed by atoms with Gasteiger partial charge in [-0.3, -0.25) is 9.48 Å². The third-order valence-electron chi connectivity index (χ3n) is 4.63. The van der Waals surface area contributed by atoms with Gasteiger partial charge in [-0.1, -0.05) is 29.3 Å². The molecule has 0 atom stereocenters. The second-order valence-electron chi connectivity index (χ2n) is 6.80. The van der Waals surface area contributed by atoms with Crippen molar-refractivity contribution in [2.24, 2.45) is 0 Å². The molecule has 1 aliphatic rings. The average molecular weight is 446 g/mol. The van der Waals surface area contributed by atoms with E-state index in [4.69, 9.17) is 23.2 Å². The van der Waals surface area contributed by atoms with Crippen molar-refractivity contribution in [3.05, 3.63) is 52.0 Å². The van der Waals surface area contributed by atoms with Crippen LogP contribution in [0.15, 0.2) is 36.4 Å². The van der Waals surface area contributed by atoms with Gasteiger partial charge in [0.2, 0.25) is 0 Å². The summed E-state index contributed by atoms with van der Waals surface area (Å²) in [6.07, 6.45) is -2.63. The summed E-state index contributed by atoms with van der Waals surface area (Å²) in [5.74, 6) is -3.44. The van der Waals surface area contributed by atoms with Crippen LogP contribution in [0.4, 0.5) is 17.6 Å². The number of alkyl halides is 4. The largest absolute Gasteiger partial charge is 0.326 e. The minimum absolute atomic E-state index is 0.172. The molecule has 10 heteroatoms. The molecule has 152 valence electrons. The Bertz CT molecular complexity index is 1110. The lowest BCUT2D eigenvalue weighted by atomic mass is 10.0. The van der Waals surface area contributed by atoms with Gasteiger partial charge < -0.3 is 4.90 Å². The van der Waals surface area contributed by atoms with Gasteiger partial charge in [-0.25, -0.2) is 17.6 Å². The third-order valence-corrected chi connectivity index (χ3v) is 5.37. The summed E-state index contributed by atoms with van der Waals surface area (Å²) in [5.41, 5.74) is 1.42. The summed E-state index contributed by atoms with van der Waals surface area (Å²) in [5, 5.41) is 5.28. The summed E-state index contributed by atoms with van der Waals surface area (Å²) in [6.45, 7) is -1.92. The molecule has 0 unspecified atom stereocenters. The first kappa shape index (κ1) is 20.0.